The number of nitrogens with one attached hydrogen (secondary N) is 2. The van der Waals surface area contributed by atoms with Gasteiger partial charge in [0.15, 0.2) is 0 Å². The molecule has 0 aromatic heterocycles. The van der Waals surface area contributed by atoms with Gasteiger partial charge in [-0.05, 0) is 92.2 Å². The number of urea groups is 1. The Kier molecular flexibility index (Phi) is 5.80. The van der Waals surface area contributed by atoms with Gasteiger partial charge >= 0.3 is 6.03 Å². The minimum Gasteiger partial charge on any atom is -0.335 e. The Morgan fingerprint density at radius 1 is 0.939 bits per heavy atom. The van der Waals surface area contributed by atoms with Crippen molar-refractivity contribution in [1.82, 2.24) is 14.9 Å². The van der Waals surface area contributed by atoms with Gasteiger partial charge < -0.3 is 10.6 Å². The SMILES string of the molecule is CC(C)(C)c1ccc(S(=O)(=O)N2CCC(NC(=O)NC34CC5CC(CC(C5)C3)C4)CC2)cc1. The molecule has 0 spiro atoms. The third-order valence-corrected chi connectivity index (χ3v) is 10.5. The Hall–Kier alpha value is -1.60. The fourth-order valence-electron chi connectivity index (χ4n) is 7.24. The van der Waals surface area contributed by atoms with Crippen molar-refractivity contribution in [1.29, 1.82) is 0 Å². The largest absolute Gasteiger partial charge is 0.335 e. The number of carbonyl (C=O) groups excluding carboxylic acids is 1. The number of amides is 2. The standard InChI is InChI=1S/C26H39N3O3S/c1-25(2,3)21-4-6-23(7-5-21)33(31,32)29-10-8-22(9-11-29)27-24(30)28-26-15-18-12-19(16-26)14-20(13-18)17-26/h4-7,18-20,22H,8-17H2,1-3H3,(H2,27,28,30). The van der Waals surface area contributed by atoms with E-state index >= 15 is 0 Å². The lowest BCUT2D eigenvalue weighted by molar-refractivity contribution is -0.0137. The van der Waals surface area contributed by atoms with E-state index in [1.807, 2.05) is 12.1 Å². The van der Waals surface area contributed by atoms with Crippen LogP contribution in [0.1, 0.15) is 77.7 Å². The molecule has 0 unspecified atom stereocenters. The summed E-state index contributed by atoms with van der Waals surface area (Å²) in [7, 11) is -3.51. The summed E-state index contributed by atoms with van der Waals surface area (Å²) in [6.07, 6.45) is 8.77. The second-order valence-corrected chi connectivity index (χ2v) is 14.2. The van der Waals surface area contributed by atoms with Crippen LogP contribution in [0.25, 0.3) is 0 Å². The lowest BCUT2D eigenvalue weighted by Gasteiger charge is -2.56. The fourth-order valence-corrected chi connectivity index (χ4v) is 8.71. The summed E-state index contributed by atoms with van der Waals surface area (Å²) >= 11 is 0. The van der Waals surface area contributed by atoms with E-state index in [1.165, 1.54) is 19.3 Å². The Morgan fingerprint density at radius 2 is 1.45 bits per heavy atom. The summed E-state index contributed by atoms with van der Waals surface area (Å²) in [5.74, 6) is 2.38. The van der Waals surface area contributed by atoms with E-state index in [0.717, 1.165) is 42.6 Å². The maximum absolute atomic E-state index is 13.1. The summed E-state index contributed by atoms with van der Waals surface area (Å²) in [6.45, 7) is 7.23. The van der Waals surface area contributed by atoms with Crippen LogP contribution in [-0.2, 0) is 15.4 Å². The van der Waals surface area contributed by atoms with Crippen LogP contribution >= 0.6 is 0 Å². The molecule has 1 aliphatic heterocycles. The van der Waals surface area contributed by atoms with Crippen molar-refractivity contribution in [2.75, 3.05) is 13.1 Å². The quantitative estimate of drug-likeness (QED) is 0.680. The summed E-state index contributed by atoms with van der Waals surface area (Å²) in [5, 5.41) is 6.53. The molecular formula is C26H39N3O3S. The molecule has 4 bridgehead atoms. The van der Waals surface area contributed by atoms with Gasteiger partial charge in [0.05, 0.1) is 4.90 Å². The Morgan fingerprint density at radius 3 is 1.94 bits per heavy atom. The van der Waals surface area contributed by atoms with Gasteiger partial charge in [0, 0.05) is 24.7 Å². The average molecular weight is 474 g/mol. The van der Waals surface area contributed by atoms with Crippen LogP contribution in [-0.4, -0.2) is 43.4 Å². The van der Waals surface area contributed by atoms with Gasteiger partial charge in [-0.3, -0.25) is 0 Å². The number of hydrogen-bond acceptors (Lipinski definition) is 3. The molecule has 6 nitrogen and oxygen atoms in total. The highest BCUT2D eigenvalue weighted by atomic mass is 32.2. The molecular weight excluding hydrogens is 434 g/mol. The molecule has 182 valence electrons. The summed E-state index contributed by atoms with van der Waals surface area (Å²) in [4.78, 5) is 13.2. The zero-order valence-corrected chi connectivity index (χ0v) is 21.1. The number of piperidine rings is 1. The molecule has 5 aliphatic rings. The second kappa shape index (κ2) is 8.26. The third kappa shape index (κ3) is 4.68. The molecule has 4 aliphatic carbocycles. The van der Waals surface area contributed by atoms with Crippen LogP contribution < -0.4 is 10.6 Å². The first-order valence-corrected chi connectivity index (χ1v) is 14.2. The van der Waals surface area contributed by atoms with Gasteiger partial charge in [-0.25, -0.2) is 13.2 Å². The zero-order chi connectivity index (χ0) is 23.4. The molecule has 0 atom stereocenters. The Bertz CT molecular complexity index is 953. The lowest BCUT2D eigenvalue weighted by Crippen LogP contribution is -2.62. The molecule has 6 rings (SSSR count). The van der Waals surface area contributed by atoms with Gasteiger partial charge in [-0.1, -0.05) is 32.9 Å². The minimum absolute atomic E-state index is 0.00208. The van der Waals surface area contributed by atoms with E-state index in [4.69, 9.17) is 0 Å². The molecule has 2 N–H and O–H groups in total. The first kappa shape index (κ1) is 23.2. The first-order valence-electron chi connectivity index (χ1n) is 12.7. The van der Waals surface area contributed by atoms with Crippen molar-refractivity contribution in [2.24, 2.45) is 17.8 Å². The van der Waals surface area contributed by atoms with E-state index in [2.05, 4.69) is 31.4 Å². The van der Waals surface area contributed by atoms with E-state index in [1.54, 1.807) is 16.4 Å². The van der Waals surface area contributed by atoms with Gasteiger partial charge in [0.2, 0.25) is 10.0 Å². The molecule has 5 fully saturated rings. The van der Waals surface area contributed by atoms with Crippen molar-refractivity contribution < 1.29 is 13.2 Å². The zero-order valence-electron chi connectivity index (χ0n) is 20.3. The number of benzene rings is 1. The smallest absolute Gasteiger partial charge is 0.315 e. The van der Waals surface area contributed by atoms with Crippen LogP contribution in [0, 0.1) is 17.8 Å². The predicted molar refractivity (Wildman–Crippen MR) is 129 cm³/mol. The monoisotopic (exact) mass is 473 g/mol. The van der Waals surface area contributed by atoms with Crippen molar-refractivity contribution in [2.45, 2.75) is 94.0 Å². The van der Waals surface area contributed by atoms with Crippen LogP contribution in [0.5, 0.6) is 0 Å². The Labute approximate surface area is 198 Å². The van der Waals surface area contributed by atoms with Gasteiger partial charge in [-0.15, -0.1) is 0 Å². The predicted octanol–water partition coefficient (Wildman–Crippen LogP) is 4.41. The highest BCUT2D eigenvalue weighted by Gasteiger charge is 2.51. The molecule has 1 saturated heterocycles. The topological polar surface area (TPSA) is 78.5 Å². The molecule has 1 aromatic carbocycles. The highest BCUT2D eigenvalue weighted by Crippen LogP contribution is 2.55. The number of nitrogens with zero attached hydrogens (tertiary/aromatic N) is 1. The maximum atomic E-state index is 13.1. The fraction of sp³-hybridized carbons (Fsp3) is 0.731. The molecule has 7 heteroatoms. The molecule has 33 heavy (non-hydrogen) atoms. The van der Waals surface area contributed by atoms with Crippen molar-refractivity contribution in [3.8, 4) is 0 Å². The Balaban J connectivity index is 1.15. The van der Waals surface area contributed by atoms with Crippen LogP contribution in [0.4, 0.5) is 4.79 Å². The normalized spacial score (nSPS) is 32.6. The van der Waals surface area contributed by atoms with Gasteiger partial charge in [0.25, 0.3) is 0 Å². The molecule has 0 radical (unpaired) electrons. The lowest BCUT2D eigenvalue weighted by atomic mass is 9.53. The third-order valence-electron chi connectivity index (χ3n) is 8.56. The number of carbonyl (C=O) groups is 1. The minimum atomic E-state index is -3.51. The number of hydrogen-bond donors (Lipinski definition) is 2. The first-order chi connectivity index (χ1) is 15.5. The van der Waals surface area contributed by atoms with Crippen molar-refractivity contribution in [3.63, 3.8) is 0 Å². The van der Waals surface area contributed by atoms with E-state index in [0.29, 0.717) is 30.8 Å². The second-order valence-electron chi connectivity index (χ2n) is 12.2. The maximum Gasteiger partial charge on any atom is 0.315 e. The summed E-state index contributed by atoms with van der Waals surface area (Å²) in [6, 6.07) is 7.23. The van der Waals surface area contributed by atoms with Crippen LogP contribution in [0.2, 0.25) is 0 Å². The van der Waals surface area contributed by atoms with Crippen molar-refractivity contribution >= 4 is 16.1 Å². The van der Waals surface area contributed by atoms with E-state index in [-0.39, 0.29) is 23.0 Å². The number of rotatable bonds is 4. The van der Waals surface area contributed by atoms with Crippen LogP contribution in [0.3, 0.4) is 0 Å². The highest BCUT2D eigenvalue weighted by molar-refractivity contribution is 7.89. The van der Waals surface area contributed by atoms with E-state index in [9.17, 15) is 13.2 Å². The number of sulfonamides is 1. The van der Waals surface area contributed by atoms with Crippen LogP contribution in [0.15, 0.2) is 29.2 Å². The summed E-state index contributed by atoms with van der Waals surface area (Å²) < 4.78 is 27.8. The molecule has 2 amide bonds. The molecule has 1 heterocycles. The van der Waals surface area contributed by atoms with E-state index < -0.39 is 10.0 Å². The summed E-state index contributed by atoms with van der Waals surface area (Å²) in [5.41, 5.74) is 1.11. The van der Waals surface area contributed by atoms with Gasteiger partial charge in [0.1, 0.15) is 0 Å². The molecule has 4 saturated carbocycles. The van der Waals surface area contributed by atoms with Gasteiger partial charge in [-0.2, -0.15) is 4.31 Å². The average Bonchev–Trinajstić information content (AvgIpc) is 2.72. The molecule has 1 aromatic rings. The van der Waals surface area contributed by atoms with Crippen molar-refractivity contribution in [3.05, 3.63) is 29.8 Å².